The van der Waals surface area contributed by atoms with E-state index < -0.39 is 6.10 Å². The predicted molar refractivity (Wildman–Crippen MR) is 246 cm³/mol. The van der Waals surface area contributed by atoms with Gasteiger partial charge in [-0.05, 0) is 89.9 Å². The first-order chi connectivity index (χ1) is 28.5. The summed E-state index contributed by atoms with van der Waals surface area (Å²) in [4.78, 5) is 37.7. The molecule has 0 aliphatic heterocycles. The van der Waals surface area contributed by atoms with E-state index in [-0.39, 0.29) is 44.0 Å². The molecular formula is C52H78O6. The number of allylic oxidation sites excluding steroid dienone is 22. The minimum atomic E-state index is -0.830. The summed E-state index contributed by atoms with van der Waals surface area (Å²) in [6, 6.07) is 0. The fourth-order valence-electron chi connectivity index (χ4n) is 5.23. The van der Waals surface area contributed by atoms with Gasteiger partial charge in [-0.3, -0.25) is 14.4 Å². The molecule has 0 aromatic heterocycles. The normalized spacial score (nSPS) is 13.4. The van der Waals surface area contributed by atoms with Crippen molar-refractivity contribution in [2.45, 2.75) is 162 Å². The molecule has 1 unspecified atom stereocenters. The molecular weight excluding hydrogens is 721 g/mol. The molecule has 0 rings (SSSR count). The maximum Gasteiger partial charge on any atom is 0.306 e. The fraction of sp³-hybridized carbons (Fsp3) is 0.519. The highest BCUT2D eigenvalue weighted by atomic mass is 16.6. The Balaban J connectivity index is 4.60. The van der Waals surface area contributed by atoms with E-state index in [2.05, 4.69) is 93.7 Å². The van der Waals surface area contributed by atoms with Gasteiger partial charge in [-0.15, -0.1) is 0 Å². The lowest BCUT2D eigenvalue weighted by atomic mass is 10.1. The Kier molecular flexibility index (Phi) is 41.8. The van der Waals surface area contributed by atoms with E-state index >= 15 is 0 Å². The Morgan fingerprint density at radius 3 is 1.28 bits per heavy atom. The molecule has 0 bridgehead atoms. The first kappa shape index (κ1) is 53.6. The lowest BCUT2D eigenvalue weighted by Crippen LogP contribution is -2.30. The van der Waals surface area contributed by atoms with Gasteiger partial charge in [0.1, 0.15) is 13.2 Å². The van der Waals surface area contributed by atoms with Gasteiger partial charge in [0.05, 0.1) is 0 Å². The highest BCUT2D eigenvalue weighted by molar-refractivity contribution is 5.71. The van der Waals surface area contributed by atoms with Crippen LogP contribution in [0.4, 0.5) is 0 Å². The van der Waals surface area contributed by atoms with Crippen molar-refractivity contribution >= 4 is 17.9 Å². The number of carbonyl (C=O) groups excluding carboxylic acids is 3. The number of rotatable bonds is 37. The molecule has 0 amide bonds. The van der Waals surface area contributed by atoms with E-state index in [1.54, 1.807) is 0 Å². The lowest BCUT2D eigenvalue weighted by Gasteiger charge is -2.18. The number of hydrogen-bond donors (Lipinski definition) is 0. The summed E-state index contributed by atoms with van der Waals surface area (Å²) < 4.78 is 16.6. The van der Waals surface area contributed by atoms with E-state index in [1.807, 2.05) is 60.8 Å². The molecule has 0 aliphatic rings. The molecule has 1 atom stereocenters. The van der Waals surface area contributed by atoms with E-state index in [4.69, 9.17) is 14.2 Å². The maximum absolute atomic E-state index is 12.7. The second-order valence-electron chi connectivity index (χ2n) is 14.0. The van der Waals surface area contributed by atoms with Gasteiger partial charge in [0.15, 0.2) is 6.10 Å². The third kappa shape index (κ3) is 42.7. The predicted octanol–water partition coefficient (Wildman–Crippen LogP) is 14.4. The van der Waals surface area contributed by atoms with Crippen molar-refractivity contribution in [2.75, 3.05) is 13.2 Å². The van der Waals surface area contributed by atoms with Gasteiger partial charge in [-0.2, -0.15) is 0 Å². The quantitative estimate of drug-likeness (QED) is 0.0205. The van der Waals surface area contributed by atoms with Crippen LogP contribution in [0.1, 0.15) is 156 Å². The molecule has 0 spiro atoms. The molecule has 0 aromatic rings. The molecule has 0 heterocycles. The topological polar surface area (TPSA) is 78.9 Å². The van der Waals surface area contributed by atoms with Crippen LogP contribution in [0.5, 0.6) is 0 Å². The zero-order chi connectivity index (χ0) is 42.3. The van der Waals surface area contributed by atoms with Crippen molar-refractivity contribution in [3.63, 3.8) is 0 Å². The van der Waals surface area contributed by atoms with E-state index in [9.17, 15) is 14.4 Å². The van der Waals surface area contributed by atoms with Crippen LogP contribution in [0, 0.1) is 0 Å². The third-order valence-corrected chi connectivity index (χ3v) is 8.56. The van der Waals surface area contributed by atoms with Crippen LogP contribution in [-0.2, 0) is 28.6 Å². The number of hydrogen-bond acceptors (Lipinski definition) is 6. The Hall–Kier alpha value is -4.45. The molecule has 0 saturated carbocycles. The first-order valence-electron chi connectivity index (χ1n) is 22.3. The standard InChI is InChI=1S/C52H78O6/c1-4-7-10-13-16-19-22-24-25-26-27-28-31-33-36-39-42-45-51(54)57-48-49(47-56-50(53)44-41-38-35-32-29-21-18-15-12-9-6-3)58-52(55)46-43-40-37-34-30-23-20-17-14-11-8-5-2/h7-8,10-11,13,15-22,24-31,34,49H,4-6,9,12,14,23,32-33,35-48H2,1-3H3/b10-7-,11-8-,16-13-,18-15-,20-17-,22-19-,25-24-,27-26+,29-21-,31-28-,34-30-. The molecule has 0 saturated heterocycles. The van der Waals surface area contributed by atoms with Crippen molar-refractivity contribution in [1.82, 2.24) is 0 Å². The number of ether oxygens (including phenoxy) is 3. The summed E-state index contributed by atoms with van der Waals surface area (Å²) in [6.07, 6.45) is 62.9. The van der Waals surface area contributed by atoms with Crippen molar-refractivity contribution in [3.8, 4) is 0 Å². The molecule has 322 valence electrons. The Labute approximate surface area is 354 Å². The van der Waals surface area contributed by atoms with Gasteiger partial charge in [-0.1, -0.05) is 180 Å². The highest BCUT2D eigenvalue weighted by Gasteiger charge is 2.19. The Morgan fingerprint density at radius 1 is 0.379 bits per heavy atom. The summed E-state index contributed by atoms with van der Waals surface area (Å²) in [5.74, 6) is -1.06. The molecule has 6 nitrogen and oxygen atoms in total. The van der Waals surface area contributed by atoms with Crippen LogP contribution in [0.15, 0.2) is 134 Å². The minimum absolute atomic E-state index is 0.128. The first-order valence-corrected chi connectivity index (χ1v) is 22.3. The van der Waals surface area contributed by atoms with Crippen molar-refractivity contribution in [3.05, 3.63) is 134 Å². The van der Waals surface area contributed by atoms with Gasteiger partial charge >= 0.3 is 17.9 Å². The van der Waals surface area contributed by atoms with Gasteiger partial charge in [-0.25, -0.2) is 0 Å². The second-order valence-corrected chi connectivity index (χ2v) is 14.0. The monoisotopic (exact) mass is 799 g/mol. The zero-order valence-electron chi connectivity index (χ0n) is 36.5. The van der Waals surface area contributed by atoms with Crippen LogP contribution in [0.3, 0.4) is 0 Å². The summed E-state index contributed by atoms with van der Waals surface area (Å²) in [5.41, 5.74) is 0. The van der Waals surface area contributed by atoms with Crippen molar-refractivity contribution in [2.24, 2.45) is 0 Å². The van der Waals surface area contributed by atoms with Crippen molar-refractivity contribution in [1.29, 1.82) is 0 Å². The smallest absolute Gasteiger partial charge is 0.306 e. The molecule has 0 radical (unpaired) electrons. The lowest BCUT2D eigenvalue weighted by molar-refractivity contribution is -0.167. The number of esters is 3. The average molecular weight is 799 g/mol. The summed E-state index contributed by atoms with van der Waals surface area (Å²) >= 11 is 0. The van der Waals surface area contributed by atoms with Crippen LogP contribution >= 0.6 is 0 Å². The highest BCUT2D eigenvalue weighted by Crippen LogP contribution is 2.10. The molecule has 0 aliphatic carbocycles. The fourth-order valence-corrected chi connectivity index (χ4v) is 5.23. The van der Waals surface area contributed by atoms with E-state index in [0.717, 1.165) is 89.9 Å². The average Bonchev–Trinajstić information content (AvgIpc) is 3.22. The molecule has 0 fully saturated rings. The van der Waals surface area contributed by atoms with Crippen LogP contribution in [-0.4, -0.2) is 37.2 Å². The molecule has 0 aromatic carbocycles. The Bertz CT molecular complexity index is 1330. The van der Waals surface area contributed by atoms with Gasteiger partial charge in [0.2, 0.25) is 0 Å². The maximum atomic E-state index is 12.7. The second kappa shape index (κ2) is 45.3. The molecule has 58 heavy (non-hydrogen) atoms. The molecule has 0 N–H and O–H groups in total. The van der Waals surface area contributed by atoms with Crippen LogP contribution in [0.2, 0.25) is 0 Å². The van der Waals surface area contributed by atoms with Crippen LogP contribution < -0.4 is 0 Å². The SMILES string of the molecule is CC\C=C/C=C\C=C/C=C\C=C\C=C/CCCCCC(=O)OCC(COC(=O)CCCCC/C=C\C=C/CCCC)OC(=O)CCCC/C=C\C/C=C\C/C=C\CC. The van der Waals surface area contributed by atoms with E-state index in [1.165, 1.54) is 12.8 Å². The Morgan fingerprint density at radius 2 is 0.759 bits per heavy atom. The third-order valence-electron chi connectivity index (χ3n) is 8.56. The van der Waals surface area contributed by atoms with Gasteiger partial charge < -0.3 is 14.2 Å². The number of carbonyl (C=O) groups is 3. The summed E-state index contributed by atoms with van der Waals surface area (Å²) in [7, 11) is 0. The van der Waals surface area contributed by atoms with Crippen LogP contribution in [0.25, 0.3) is 0 Å². The van der Waals surface area contributed by atoms with Crippen molar-refractivity contribution < 1.29 is 28.6 Å². The van der Waals surface area contributed by atoms with Gasteiger partial charge in [0, 0.05) is 19.3 Å². The summed E-state index contributed by atoms with van der Waals surface area (Å²) in [6.45, 7) is 6.18. The van der Waals surface area contributed by atoms with E-state index in [0.29, 0.717) is 19.3 Å². The largest absolute Gasteiger partial charge is 0.462 e. The minimum Gasteiger partial charge on any atom is -0.462 e. The summed E-state index contributed by atoms with van der Waals surface area (Å²) in [5, 5.41) is 0. The van der Waals surface area contributed by atoms with Gasteiger partial charge in [0.25, 0.3) is 0 Å². The zero-order valence-corrected chi connectivity index (χ0v) is 36.5. The number of unbranched alkanes of at least 4 members (excludes halogenated alkanes) is 10. The molecule has 6 heteroatoms.